The number of aryl methyl sites for hydroxylation is 1. The monoisotopic (exact) mass is 413 g/mol. The molecule has 0 bridgehead atoms. The molecule has 0 spiro atoms. The molecule has 0 fully saturated rings. The van der Waals surface area contributed by atoms with E-state index in [0.29, 0.717) is 30.6 Å². The molecule has 0 saturated carbocycles. The zero-order chi connectivity index (χ0) is 20.8. The number of anilines is 2. The molecular formula is C21H23N3O4S. The summed E-state index contributed by atoms with van der Waals surface area (Å²) in [4.78, 5) is 11.3. The lowest BCUT2D eigenvalue weighted by Gasteiger charge is -2.25. The number of hydrogen-bond acceptors (Lipinski definition) is 4. The Labute approximate surface area is 169 Å². The first-order valence-corrected chi connectivity index (χ1v) is 11.0. The van der Waals surface area contributed by atoms with Crippen LogP contribution in [0.2, 0.25) is 0 Å². The summed E-state index contributed by atoms with van der Waals surface area (Å²) in [7, 11) is -3.65. The molecule has 1 heterocycles. The van der Waals surface area contributed by atoms with E-state index in [1.807, 2.05) is 37.3 Å². The van der Waals surface area contributed by atoms with Gasteiger partial charge in [-0.2, -0.15) is 0 Å². The number of carboxylic acid groups (broad SMARTS) is 1. The minimum absolute atomic E-state index is 0.134. The Bertz CT molecular complexity index is 1210. The smallest absolute Gasteiger partial charge is 0.323 e. The SMILES string of the molecule is Cc1ccc(NS(=O)(=O)C2CCc3c(c4ccccc4n3CC(=O)O)C2)c(N)c1. The molecule has 7 nitrogen and oxygen atoms in total. The molecule has 1 atom stereocenters. The molecule has 1 aliphatic rings. The highest BCUT2D eigenvalue weighted by Gasteiger charge is 2.33. The molecule has 1 aromatic heterocycles. The van der Waals surface area contributed by atoms with Gasteiger partial charge >= 0.3 is 5.97 Å². The first kappa shape index (κ1) is 19.3. The van der Waals surface area contributed by atoms with Gasteiger partial charge in [-0.05, 0) is 55.5 Å². The Kier molecular flexibility index (Phi) is 4.74. The zero-order valence-electron chi connectivity index (χ0n) is 16.1. The van der Waals surface area contributed by atoms with Crippen molar-refractivity contribution in [2.45, 2.75) is 38.0 Å². The standard InChI is InChI=1S/C21H23N3O4S/c1-13-6-8-18(17(22)10-13)23-29(27,28)14-7-9-20-16(11-14)15-4-2-3-5-19(15)24(20)12-21(25)26/h2-6,8,10,14,23H,7,9,11-12,22H2,1H3,(H,25,26). The predicted molar refractivity (Wildman–Crippen MR) is 114 cm³/mol. The second-order valence-electron chi connectivity index (χ2n) is 7.52. The largest absolute Gasteiger partial charge is 0.480 e. The molecule has 4 N–H and O–H groups in total. The molecule has 152 valence electrons. The summed E-state index contributed by atoms with van der Waals surface area (Å²) in [5.74, 6) is -0.917. The fourth-order valence-electron chi connectivity index (χ4n) is 4.16. The molecule has 8 heteroatoms. The molecule has 0 radical (unpaired) electrons. The van der Waals surface area contributed by atoms with Crippen LogP contribution in [0, 0.1) is 6.92 Å². The van der Waals surface area contributed by atoms with E-state index in [9.17, 15) is 18.3 Å². The molecule has 0 saturated heterocycles. The van der Waals surface area contributed by atoms with E-state index in [-0.39, 0.29) is 6.54 Å². The van der Waals surface area contributed by atoms with Crippen LogP contribution in [0.15, 0.2) is 42.5 Å². The number of nitrogens with one attached hydrogen (secondary N) is 1. The maximum absolute atomic E-state index is 13.1. The van der Waals surface area contributed by atoms with Crippen LogP contribution >= 0.6 is 0 Å². The maximum atomic E-state index is 13.1. The van der Waals surface area contributed by atoms with E-state index >= 15 is 0 Å². The van der Waals surface area contributed by atoms with Crippen molar-refractivity contribution in [3.8, 4) is 0 Å². The number of carboxylic acids is 1. The van der Waals surface area contributed by atoms with Gasteiger partial charge in [-0.25, -0.2) is 8.42 Å². The highest BCUT2D eigenvalue weighted by molar-refractivity contribution is 7.93. The van der Waals surface area contributed by atoms with E-state index in [1.165, 1.54) is 0 Å². The Morgan fingerprint density at radius 1 is 1.28 bits per heavy atom. The van der Waals surface area contributed by atoms with Crippen molar-refractivity contribution in [3.05, 3.63) is 59.3 Å². The lowest BCUT2D eigenvalue weighted by Crippen LogP contribution is -2.33. The first-order chi connectivity index (χ1) is 13.8. The van der Waals surface area contributed by atoms with Gasteiger partial charge < -0.3 is 15.4 Å². The van der Waals surface area contributed by atoms with Crippen LogP contribution in [0.3, 0.4) is 0 Å². The molecule has 2 aromatic carbocycles. The number of nitrogens with zero attached hydrogens (tertiary/aromatic N) is 1. The number of sulfonamides is 1. The van der Waals surface area contributed by atoms with E-state index < -0.39 is 21.2 Å². The molecular weight excluding hydrogens is 390 g/mol. The highest BCUT2D eigenvalue weighted by atomic mass is 32.2. The Morgan fingerprint density at radius 3 is 2.76 bits per heavy atom. The lowest BCUT2D eigenvalue weighted by molar-refractivity contribution is -0.137. The fourth-order valence-corrected chi connectivity index (χ4v) is 5.63. The normalized spacial score (nSPS) is 16.5. The third-order valence-corrected chi connectivity index (χ3v) is 7.30. The summed E-state index contributed by atoms with van der Waals surface area (Å²) in [6, 6.07) is 12.8. The maximum Gasteiger partial charge on any atom is 0.323 e. The van der Waals surface area contributed by atoms with Gasteiger partial charge in [0.15, 0.2) is 0 Å². The van der Waals surface area contributed by atoms with Crippen molar-refractivity contribution in [3.63, 3.8) is 0 Å². The van der Waals surface area contributed by atoms with Crippen molar-refractivity contribution in [2.24, 2.45) is 0 Å². The average Bonchev–Trinajstić information content (AvgIpc) is 2.97. The highest BCUT2D eigenvalue weighted by Crippen LogP contribution is 2.35. The van der Waals surface area contributed by atoms with Crippen molar-refractivity contribution in [1.29, 1.82) is 0 Å². The van der Waals surface area contributed by atoms with E-state index in [0.717, 1.165) is 27.7 Å². The number of carbonyl (C=O) groups is 1. The van der Waals surface area contributed by atoms with Crippen molar-refractivity contribution in [2.75, 3.05) is 10.5 Å². The number of nitrogens with two attached hydrogens (primary N) is 1. The van der Waals surface area contributed by atoms with Gasteiger partial charge in [-0.15, -0.1) is 0 Å². The summed E-state index contributed by atoms with van der Waals surface area (Å²) in [5, 5.41) is 9.60. The van der Waals surface area contributed by atoms with Gasteiger partial charge in [0.25, 0.3) is 0 Å². The van der Waals surface area contributed by atoms with Crippen LogP contribution in [0.4, 0.5) is 11.4 Å². The van der Waals surface area contributed by atoms with Crippen LogP contribution < -0.4 is 10.5 Å². The van der Waals surface area contributed by atoms with Crippen molar-refractivity contribution in [1.82, 2.24) is 4.57 Å². The molecule has 1 aliphatic carbocycles. The average molecular weight is 413 g/mol. The fraction of sp³-hybridized carbons (Fsp3) is 0.286. The molecule has 4 rings (SSSR count). The number of aromatic nitrogens is 1. The van der Waals surface area contributed by atoms with Gasteiger partial charge in [0.2, 0.25) is 10.0 Å². The van der Waals surface area contributed by atoms with Crippen LogP contribution in [-0.2, 0) is 34.2 Å². The van der Waals surface area contributed by atoms with Crippen LogP contribution in [0.5, 0.6) is 0 Å². The number of para-hydroxylation sites is 1. The van der Waals surface area contributed by atoms with E-state index in [4.69, 9.17) is 5.73 Å². The summed E-state index contributed by atoms with van der Waals surface area (Å²) in [6.45, 7) is 1.76. The number of fused-ring (bicyclic) bond motifs is 3. The van der Waals surface area contributed by atoms with Crippen LogP contribution in [-0.4, -0.2) is 29.3 Å². The van der Waals surface area contributed by atoms with Crippen molar-refractivity contribution < 1.29 is 18.3 Å². The number of aliphatic carboxylic acids is 1. The second-order valence-corrected chi connectivity index (χ2v) is 9.49. The topological polar surface area (TPSA) is 114 Å². The Hall–Kier alpha value is -3.00. The molecule has 3 aromatic rings. The third-order valence-electron chi connectivity index (χ3n) is 5.52. The molecule has 0 aliphatic heterocycles. The Morgan fingerprint density at radius 2 is 2.03 bits per heavy atom. The van der Waals surface area contributed by atoms with Crippen LogP contribution in [0.1, 0.15) is 23.2 Å². The van der Waals surface area contributed by atoms with Gasteiger partial charge in [-0.1, -0.05) is 24.3 Å². The molecule has 1 unspecified atom stereocenters. The van der Waals surface area contributed by atoms with Gasteiger partial charge in [0.05, 0.1) is 16.6 Å². The quantitative estimate of drug-likeness (QED) is 0.557. The molecule has 0 amide bonds. The van der Waals surface area contributed by atoms with Crippen molar-refractivity contribution >= 4 is 38.3 Å². The van der Waals surface area contributed by atoms with Gasteiger partial charge in [-0.3, -0.25) is 9.52 Å². The number of hydrogen-bond donors (Lipinski definition) is 3. The minimum atomic E-state index is -3.65. The van der Waals surface area contributed by atoms with Crippen LogP contribution in [0.25, 0.3) is 10.9 Å². The number of benzene rings is 2. The minimum Gasteiger partial charge on any atom is -0.480 e. The van der Waals surface area contributed by atoms with E-state index in [2.05, 4.69) is 4.72 Å². The summed E-state index contributed by atoms with van der Waals surface area (Å²) >= 11 is 0. The summed E-state index contributed by atoms with van der Waals surface area (Å²) < 4.78 is 30.6. The Balaban J connectivity index is 1.68. The number of nitrogen functional groups attached to an aromatic ring is 1. The summed E-state index contributed by atoms with van der Waals surface area (Å²) in [6.07, 6.45) is 1.26. The van der Waals surface area contributed by atoms with Gasteiger partial charge in [0, 0.05) is 16.6 Å². The predicted octanol–water partition coefficient (Wildman–Crippen LogP) is 2.92. The lowest BCUT2D eigenvalue weighted by atomic mass is 9.95. The summed E-state index contributed by atoms with van der Waals surface area (Å²) in [5.41, 5.74) is 10.4. The van der Waals surface area contributed by atoms with Gasteiger partial charge in [0.1, 0.15) is 6.54 Å². The zero-order valence-corrected chi connectivity index (χ0v) is 16.9. The van der Waals surface area contributed by atoms with E-state index in [1.54, 1.807) is 16.7 Å². The third kappa shape index (κ3) is 3.55. The second kappa shape index (κ2) is 7.11. The molecule has 29 heavy (non-hydrogen) atoms. The first-order valence-electron chi connectivity index (χ1n) is 9.45. The number of rotatable bonds is 5.